The lowest BCUT2D eigenvalue weighted by atomic mass is 10.1. The topological polar surface area (TPSA) is 79.4 Å². The Morgan fingerprint density at radius 2 is 1.55 bits per heavy atom. The summed E-state index contributed by atoms with van der Waals surface area (Å²) in [6.45, 7) is 9.31. The predicted octanol–water partition coefficient (Wildman–Crippen LogP) is 2.68. The molecule has 1 saturated heterocycles. The van der Waals surface area contributed by atoms with E-state index in [0.717, 1.165) is 30.8 Å². The van der Waals surface area contributed by atoms with Crippen LogP contribution >= 0.6 is 0 Å². The number of methoxy groups -OCH3 is 2. The van der Waals surface area contributed by atoms with Gasteiger partial charge < -0.3 is 19.3 Å². The first kappa shape index (κ1) is 24.9. The molecule has 8 nitrogen and oxygen atoms in total. The van der Waals surface area contributed by atoms with Gasteiger partial charge in [0.15, 0.2) is 11.5 Å². The molecular weight excluding hydrogens is 442 g/mol. The van der Waals surface area contributed by atoms with Gasteiger partial charge in [-0.1, -0.05) is 13.0 Å². The van der Waals surface area contributed by atoms with E-state index in [-0.39, 0.29) is 17.3 Å². The van der Waals surface area contributed by atoms with Crippen LogP contribution in [-0.2, 0) is 14.8 Å². The van der Waals surface area contributed by atoms with E-state index >= 15 is 0 Å². The van der Waals surface area contributed by atoms with E-state index < -0.39 is 10.0 Å². The van der Waals surface area contributed by atoms with Crippen LogP contribution in [0.3, 0.4) is 0 Å². The predicted molar refractivity (Wildman–Crippen MR) is 129 cm³/mol. The largest absolute Gasteiger partial charge is 0.493 e. The molecule has 0 radical (unpaired) electrons. The Bertz CT molecular complexity index is 1080. The molecule has 0 unspecified atom stereocenters. The summed E-state index contributed by atoms with van der Waals surface area (Å²) in [4.78, 5) is 17.2. The fraction of sp³-hybridized carbons (Fsp3) is 0.458. The van der Waals surface area contributed by atoms with Crippen molar-refractivity contribution in [1.29, 1.82) is 0 Å². The average Bonchev–Trinajstić information content (AvgIpc) is 2.81. The van der Waals surface area contributed by atoms with Gasteiger partial charge in [-0.05, 0) is 55.8 Å². The summed E-state index contributed by atoms with van der Waals surface area (Å²) in [5.41, 5.74) is 2.30. The molecule has 2 aromatic rings. The maximum atomic E-state index is 13.8. The highest BCUT2D eigenvalue weighted by Crippen LogP contribution is 2.32. The third-order valence-corrected chi connectivity index (χ3v) is 7.66. The number of anilines is 1. The standard InChI is InChI=1S/C24H33N3O5S/c1-6-25-9-11-26(12-10-25)24(28)17-27(20-14-18(2)13-19(3)15-20)33(29,30)21-7-8-22(31-4)23(16-21)32-5/h7-8,13-16H,6,9-12,17H2,1-5H3. The quantitative estimate of drug-likeness (QED) is 0.584. The van der Waals surface area contributed by atoms with Crippen LogP contribution in [-0.4, -0.2) is 77.6 Å². The van der Waals surface area contributed by atoms with Crippen LogP contribution in [0.15, 0.2) is 41.3 Å². The second kappa shape index (κ2) is 10.4. The van der Waals surface area contributed by atoms with Gasteiger partial charge >= 0.3 is 0 Å². The molecule has 180 valence electrons. The maximum absolute atomic E-state index is 13.8. The molecule has 2 aromatic carbocycles. The molecule has 0 aromatic heterocycles. The number of amides is 1. The number of rotatable bonds is 8. The lowest BCUT2D eigenvalue weighted by molar-refractivity contribution is -0.131. The van der Waals surface area contributed by atoms with E-state index in [4.69, 9.17) is 9.47 Å². The third kappa shape index (κ3) is 5.59. The highest BCUT2D eigenvalue weighted by atomic mass is 32.2. The van der Waals surface area contributed by atoms with E-state index in [0.29, 0.717) is 30.3 Å². The number of hydrogen-bond donors (Lipinski definition) is 0. The number of nitrogens with zero attached hydrogens (tertiary/aromatic N) is 3. The lowest BCUT2D eigenvalue weighted by Crippen LogP contribution is -2.51. The van der Waals surface area contributed by atoms with E-state index in [1.807, 2.05) is 19.9 Å². The molecule has 0 aliphatic carbocycles. The Kier molecular flexibility index (Phi) is 7.86. The van der Waals surface area contributed by atoms with E-state index in [2.05, 4.69) is 11.8 Å². The Morgan fingerprint density at radius 1 is 0.939 bits per heavy atom. The molecule has 9 heteroatoms. The summed E-state index contributed by atoms with van der Waals surface area (Å²) in [5.74, 6) is 0.522. The van der Waals surface area contributed by atoms with Gasteiger partial charge in [-0.3, -0.25) is 9.10 Å². The van der Waals surface area contributed by atoms with Crippen molar-refractivity contribution in [3.8, 4) is 11.5 Å². The Balaban J connectivity index is 1.99. The Hall–Kier alpha value is -2.78. The van der Waals surface area contributed by atoms with Crippen molar-refractivity contribution < 1.29 is 22.7 Å². The first-order valence-corrected chi connectivity index (χ1v) is 12.5. The molecule has 33 heavy (non-hydrogen) atoms. The number of carbonyl (C=O) groups is 1. The number of carbonyl (C=O) groups excluding carboxylic acids is 1. The minimum atomic E-state index is -4.05. The van der Waals surface area contributed by atoms with Crippen molar-refractivity contribution >= 4 is 21.6 Å². The van der Waals surface area contributed by atoms with Crippen LogP contribution in [0.1, 0.15) is 18.1 Å². The Labute approximate surface area is 196 Å². The zero-order chi connectivity index (χ0) is 24.2. The Morgan fingerprint density at radius 3 is 2.09 bits per heavy atom. The number of ether oxygens (including phenoxy) is 2. The van der Waals surface area contributed by atoms with Crippen LogP contribution in [0.2, 0.25) is 0 Å². The molecular formula is C24H33N3O5S. The van der Waals surface area contributed by atoms with Crippen molar-refractivity contribution in [2.45, 2.75) is 25.7 Å². The average molecular weight is 476 g/mol. The number of sulfonamides is 1. The molecule has 1 heterocycles. The number of piperazine rings is 1. The summed E-state index contributed by atoms with van der Waals surface area (Å²) in [6.07, 6.45) is 0. The summed E-state index contributed by atoms with van der Waals surface area (Å²) < 4.78 is 39.3. The number of hydrogen-bond acceptors (Lipinski definition) is 6. The molecule has 1 aliphatic heterocycles. The smallest absolute Gasteiger partial charge is 0.264 e. The summed E-state index contributed by atoms with van der Waals surface area (Å²) >= 11 is 0. The van der Waals surface area contributed by atoms with Crippen LogP contribution < -0.4 is 13.8 Å². The summed E-state index contributed by atoms with van der Waals surface area (Å²) in [7, 11) is -1.11. The van der Waals surface area contributed by atoms with E-state index in [1.54, 1.807) is 23.1 Å². The van der Waals surface area contributed by atoms with Crippen LogP contribution in [0, 0.1) is 13.8 Å². The van der Waals surface area contributed by atoms with Crippen LogP contribution in [0.4, 0.5) is 5.69 Å². The molecule has 0 saturated carbocycles. The molecule has 0 N–H and O–H groups in total. The summed E-state index contributed by atoms with van der Waals surface area (Å²) in [6, 6.07) is 9.99. The van der Waals surface area contributed by atoms with Gasteiger partial charge in [-0.15, -0.1) is 0 Å². The highest BCUT2D eigenvalue weighted by molar-refractivity contribution is 7.92. The van der Waals surface area contributed by atoms with Gasteiger partial charge in [0.25, 0.3) is 10.0 Å². The minimum Gasteiger partial charge on any atom is -0.493 e. The van der Waals surface area contributed by atoms with Crippen LogP contribution in [0.5, 0.6) is 11.5 Å². The lowest BCUT2D eigenvalue weighted by Gasteiger charge is -2.35. The fourth-order valence-electron chi connectivity index (χ4n) is 4.05. The van der Waals surface area contributed by atoms with Gasteiger partial charge in [0.05, 0.1) is 24.8 Å². The zero-order valence-electron chi connectivity index (χ0n) is 20.0. The SMILES string of the molecule is CCN1CCN(C(=O)CN(c2cc(C)cc(C)c2)S(=O)(=O)c2ccc(OC)c(OC)c2)CC1. The molecule has 3 rings (SSSR count). The number of benzene rings is 2. The van der Waals surface area contributed by atoms with E-state index in [1.165, 1.54) is 30.7 Å². The van der Waals surface area contributed by atoms with Crippen molar-refractivity contribution in [1.82, 2.24) is 9.80 Å². The van der Waals surface area contributed by atoms with Gasteiger partial charge in [0.2, 0.25) is 5.91 Å². The monoisotopic (exact) mass is 475 g/mol. The molecule has 1 fully saturated rings. The fourth-order valence-corrected chi connectivity index (χ4v) is 5.46. The zero-order valence-corrected chi connectivity index (χ0v) is 20.8. The van der Waals surface area contributed by atoms with Gasteiger partial charge in [0, 0.05) is 32.2 Å². The second-order valence-electron chi connectivity index (χ2n) is 8.19. The van der Waals surface area contributed by atoms with Gasteiger partial charge in [-0.25, -0.2) is 8.42 Å². The van der Waals surface area contributed by atoms with Crippen molar-refractivity contribution in [2.75, 3.05) is 57.8 Å². The number of aryl methyl sites for hydroxylation is 2. The second-order valence-corrected chi connectivity index (χ2v) is 10.1. The van der Waals surface area contributed by atoms with Crippen molar-refractivity contribution in [2.24, 2.45) is 0 Å². The maximum Gasteiger partial charge on any atom is 0.264 e. The molecule has 0 spiro atoms. The van der Waals surface area contributed by atoms with Gasteiger partial charge in [0.1, 0.15) is 6.54 Å². The van der Waals surface area contributed by atoms with Crippen molar-refractivity contribution in [3.05, 3.63) is 47.5 Å². The summed E-state index contributed by atoms with van der Waals surface area (Å²) in [5, 5.41) is 0. The van der Waals surface area contributed by atoms with Gasteiger partial charge in [-0.2, -0.15) is 0 Å². The molecule has 1 aliphatic rings. The normalized spacial score (nSPS) is 14.8. The third-order valence-electron chi connectivity index (χ3n) is 5.89. The van der Waals surface area contributed by atoms with Crippen LogP contribution in [0.25, 0.3) is 0 Å². The number of likely N-dealkylation sites (N-methyl/N-ethyl adjacent to an activating group) is 1. The van der Waals surface area contributed by atoms with E-state index in [9.17, 15) is 13.2 Å². The van der Waals surface area contributed by atoms with Crippen molar-refractivity contribution in [3.63, 3.8) is 0 Å². The molecule has 0 atom stereocenters. The minimum absolute atomic E-state index is 0.0305. The first-order chi connectivity index (χ1) is 15.7. The first-order valence-electron chi connectivity index (χ1n) is 11.0. The highest BCUT2D eigenvalue weighted by Gasteiger charge is 2.31. The molecule has 0 bridgehead atoms. The molecule has 1 amide bonds.